The average molecular weight is 381 g/mol. The molecule has 1 atom stereocenters. The molecular weight excluding hydrogens is 354 g/mol. The number of rotatable bonds is 7. The number of nitrogens with zero attached hydrogens (tertiary/aromatic N) is 2. The zero-order valence-corrected chi connectivity index (χ0v) is 16.1. The number of guanidine groups is 1. The number of nitrogens with one attached hydrogen (secondary N) is 3. The molecule has 1 aliphatic heterocycles. The summed E-state index contributed by atoms with van der Waals surface area (Å²) in [5, 5.41) is 9.51. The van der Waals surface area contributed by atoms with Crippen LogP contribution in [-0.4, -0.2) is 43.2 Å². The number of pyridine rings is 1. The van der Waals surface area contributed by atoms with Gasteiger partial charge in [0.25, 0.3) is 5.91 Å². The molecule has 7 nitrogen and oxygen atoms in total. The molecule has 7 heteroatoms. The third-order valence-electron chi connectivity index (χ3n) is 4.50. The predicted molar refractivity (Wildman–Crippen MR) is 110 cm³/mol. The Morgan fingerprint density at radius 2 is 2.18 bits per heavy atom. The summed E-state index contributed by atoms with van der Waals surface area (Å²) in [5.41, 5.74) is 2.87. The van der Waals surface area contributed by atoms with Crippen LogP contribution >= 0.6 is 0 Å². The van der Waals surface area contributed by atoms with E-state index in [2.05, 4.69) is 25.9 Å². The maximum atomic E-state index is 12.2. The van der Waals surface area contributed by atoms with Gasteiger partial charge in [-0.05, 0) is 42.7 Å². The molecule has 1 aliphatic rings. The number of ether oxygens (including phenoxy) is 1. The number of anilines is 1. The van der Waals surface area contributed by atoms with E-state index in [0.717, 1.165) is 48.7 Å². The van der Waals surface area contributed by atoms with Crippen molar-refractivity contribution in [2.24, 2.45) is 4.99 Å². The van der Waals surface area contributed by atoms with Crippen LogP contribution in [0.25, 0.3) is 0 Å². The summed E-state index contributed by atoms with van der Waals surface area (Å²) in [6.07, 6.45) is 4.02. The van der Waals surface area contributed by atoms with E-state index in [0.29, 0.717) is 13.2 Å². The van der Waals surface area contributed by atoms with Crippen molar-refractivity contribution in [3.8, 4) is 0 Å². The molecule has 1 saturated heterocycles. The van der Waals surface area contributed by atoms with Gasteiger partial charge >= 0.3 is 0 Å². The molecule has 2 aromatic rings. The standard InChI is InChI=1S/C21H27N5O2/c1-22-21(24-12-10-17-7-2-3-11-23-17)25-15-16-6-4-8-18(14-16)26-20(27)19-9-5-13-28-19/h2-4,6-8,11,14,19H,5,9-10,12-13,15H2,1H3,(H,26,27)(H2,22,24,25). The van der Waals surface area contributed by atoms with Gasteiger partial charge < -0.3 is 20.7 Å². The fraction of sp³-hybridized carbons (Fsp3) is 0.381. The highest BCUT2D eigenvalue weighted by Crippen LogP contribution is 2.16. The first-order valence-electron chi connectivity index (χ1n) is 9.60. The number of aromatic nitrogens is 1. The molecule has 0 saturated carbocycles. The molecule has 0 bridgehead atoms. The molecule has 28 heavy (non-hydrogen) atoms. The van der Waals surface area contributed by atoms with E-state index in [4.69, 9.17) is 4.74 Å². The van der Waals surface area contributed by atoms with Gasteiger partial charge in [0.15, 0.2) is 5.96 Å². The third kappa shape index (κ3) is 6.06. The van der Waals surface area contributed by atoms with Gasteiger partial charge in [0.2, 0.25) is 0 Å². The Bertz CT molecular complexity index is 788. The zero-order chi connectivity index (χ0) is 19.6. The molecule has 1 aromatic heterocycles. The molecule has 148 valence electrons. The number of amides is 1. The Labute approximate surface area is 165 Å². The largest absolute Gasteiger partial charge is 0.368 e. The van der Waals surface area contributed by atoms with Crippen LogP contribution in [0.5, 0.6) is 0 Å². The maximum Gasteiger partial charge on any atom is 0.253 e. The first-order chi connectivity index (χ1) is 13.7. The van der Waals surface area contributed by atoms with Crippen molar-refractivity contribution in [3.05, 3.63) is 59.9 Å². The summed E-state index contributed by atoms with van der Waals surface area (Å²) < 4.78 is 5.43. The zero-order valence-electron chi connectivity index (χ0n) is 16.1. The average Bonchev–Trinajstić information content (AvgIpc) is 3.27. The number of aliphatic imine (C=N–C) groups is 1. The highest BCUT2D eigenvalue weighted by atomic mass is 16.5. The van der Waals surface area contributed by atoms with Crippen LogP contribution in [0.1, 0.15) is 24.1 Å². The monoisotopic (exact) mass is 381 g/mol. The quantitative estimate of drug-likeness (QED) is 0.505. The van der Waals surface area contributed by atoms with Crippen molar-refractivity contribution < 1.29 is 9.53 Å². The van der Waals surface area contributed by atoms with E-state index >= 15 is 0 Å². The minimum atomic E-state index is -0.330. The van der Waals surface area contributed by atoms with E-state index in [9.17, 15) is 4.79 Å². The minimum Gasteiger partial charge on any atom is -0.368 e. The van der Waals surface area contributed by atoms with Gasteiger partial charge in [-0.15, -0.1) is 0 Å². The van der Waals surface area contributed by atoms with Gasteiger partial charge in [0.05, 0.1) is 0 Å². The van der Waals surface area contributed by atoms with E-state index in [1.54, 1.807) is 13.2 Å². The van der Waals surface area contributed by atoms with E-state index in [1.807, 2.05) is 42.5 Å². The molecule has 1 fully saturated rings. The summed E-state index contributed by atoms with van der Waals surface area (Å²) >= 11 is 0. The Balaban J connectivity index is 1.45. The summed E-state index contributed by atoms with van der Waals surface area (Å²) in [7, 11) is 1.74. The van der Waals surface area contributed by atoms with Crippen LogP contribution in [0.15, 0.2) is 53.7 Å². The number of benzene rings is 1. The lowest BCUT2D eigenvalue weighted by atomic mass is 10.2. The van der Waals surface area contributed by atoms with Crippen LogP contribution < -0.4 is 16.0 Å². The topological polar surface area (TPSA) is 87.6 Å². The van der Waals surface area contributed by atoms with Crippen LogP contribution in [-0.2, 0) is 22.5 Å². The van der Waals surface area contributed by atoms with Crippen LogP contribution in [0.4, 0.5) is 5.69 Å². The lowest BCUT2D eigenvalue weighted by Gasteiger charge is -2.13. The number of carbonyl (C=O) groups is 1. The molecule has 0 aliphatic carbocycles. The Kier molecular flexibility index (Phi) is 7.37. The number of hydrogen-bond donors (Lipinski definition) is 3. The minimum absolute atomic E-state index is 0.0744. The highest BCUT2D eigenvalue weighted by molar-refractivity contribution is 5.94. The fourth-order valence-electron chi connectivity index (χ4n) is 3.03. The maximum absolute atomic E-state index is 12.2. The second-order valence-corrected chi connectivity index (χ2v) is 6.61. The molecular formula is C21H27N5O2. The molecule has 0 spiro atoms. The van der Waals surface area contributed by atoms with Gasteiger partial charge in [0.1, 0.15) is 6.10 Å². The van der Waals surface area contributed by atoms with Gasteiger partial charge in [0, 0.05) is 50.7 Å². The SMILES string of the molecule is CN=C(NCCc1ccccn1)NCc1cccc(NC(=O)C2CCCO2)c1. The summed E-state index contributed by atoms with van der Waals surface area (Å²) in [5.74, 6) is 0.652. The van der Waals surface area contributed by atoms with Gasteiger partial charge in [-0.25, -0.2) is 0 Å². The second-order valence-electron chi connectivity index (χ2n) is 6.61. The fourth-order valence-corrected chi connectivity index (χ4v) is 3.03. The Morgan fingerprint density at radius 1 is 1.25 bits per heavy atom. The first kappa shape index (κ1) is 19.8. The molecule has 3 N–H and O–H groups in total. The highest BCUT2D eigenvalue weighted by Gasteiger charge is 2.23. The lowest BCUT2D eigenvalue weighted by molar-refractivity contribution is -0.124. The molecule has 0 radical (unpaired) electrons. The molecule has 1 aromatic carbocycles. The Morgan fingerprint density at radius 3 is 2.93 bits per heavy atom. The van der Waals surface area contributed by atoms with E-state index in [-0.39, 0.29) is 12.0 Å². The van der Waals surface area contributed by atoms with Crippen molar-refractivity contribution in [2.75, 3.05) is 25.5 Å². The molecule has 1 unspecified atom stereocenters. The van der Waals surface area contributed by atoms with Crippen molar-refractivity contribution in [1.82, 2.24) is 15.6 Å². The predicted octanol–water partition coefficient (Wildman–Crippen LogP) is 2.11. The van der Waals surface area contributed by atoms with Crippen LogP contribution in [0.3, 0.4) is 0 Å². The molecule has 2 heterocycles. The third-order valence-corrected chi connectivity index (χ3v) is 4.50. The van der Waals surface area contributed by atoms with E-state index in [1.165, 1.54) is 0 Å². The van der Waals surface area contributed by atoms with Crippen LogP contribution in [0, 0.1) is 0 Å². The van der Waals surface area contributed by atoms with E-state index < -0.39 is 0 Å². The van der Waals surface area contributed by atoms with Crippen molar-refractivity contribution in [2.45, 2.75) is 31.9 Å². The normalized spacial score (nSPS) is 16.6. The molecule has 1 amide bonds. The Hall–Kier alpha value is -2.93. The van der Waals surface area contributed by atoms with Gasteiger partial charge in [-0.2, -0.15) is 0 Å². The van der Waals surface area contributed by atoms with Crippen molar-refractivity contribution in [3.63, 3.8) is 0 Å². The lowest BCUT2D eigenvalue weighted by Crippen LogP contribution is -2.37. The second kappa shape index (κ2) is 10.4. The number of carbonyl (C=O) groups excluding carboxylic acids is 1. The summed E-state index contributed by atoms with van der Waals surface area (Å²) in [6, 6.07) is 13.7. The summed E-state index contributed by atoms with van der Waals surface area (Å²) in [4.78, 5) is 20.7. The first-order valence-corrected chi connectivity index (χ1v) is 9.60. The molecule has 3 rings (SSSR count). The van der Waals surface area contributed by atoms with Crippen molar-refractivity contribution in [1.29, 1.82) is 0 Å². The van der Waals surface area contributed by atoms with Crippen LogP contribution in [0.2, 0.25) is 0 Å². The van der Waals surface area contributed by atoms with Gasteiger partial charge in [-0.3, -0.25) is 14.8 Å². The summed E-state index contributed by atoms with van der Waals surface area (Å²) in [6.45, 7) is 2.01. The number of hydrogen-bond acceptors (Lipinski definition) is 4. The van der Waals surface area contributed by atoms with Gasteiger partial charge in [-0.1, -0.05) is 18.2 Å². The smallest absolute Gasteiger partial charge is 0.253 e. The van der Waals surface area contributed by atoms with Crippen molar-refractivity contribution >= 4 is 17.6 Å².